The lowest BCUT2D eigenvalue weighted by Crippen LogP contribution is -2.29. The van der Waals surface area contributed by atoms with Crippen molar-refractivity contribution >= 4 is 29.0 Å². The maximum atomic E-state index is 11.2. The van der Waals surface area contributed by atoms with Crippen molar-refractivity contribution in [2.75, 3.05) is 12.4 Å². The molecule has 6 nitrogen and oxygen atoms in total. The number of nitrogens with zero attached hydrogens (tertiary/aromatic N) is 2. The average molecular weight is 296 g/mol. The van der Waals surface area contributed by atoms with E-state index in [2.05, 4.69) is 15.6 Å². The molecule has 0 saturated carbocycles. The van der Waals surface area contributed by atoms with Crippen molar-refractivity contribution in [3.63, 3.8) is 0 Å². The first-order chi connectivity index (χ1) is 9.29. The zero-order chi connectivity index (χ0) is 13.5. The average Bonchev–Trinajstić information content (AvgIpc) is 2.96. The number of carbonyl (C=O) groups excluding carboxylic acids is 1. The number of carbonyl (C=O) groups is 1. The number of hydrogen-bond donors (Lipinski definition) is 2. The largest absolute Gasteiger partial charge is 0.493 e. The van der Waals surface area contributed by atoms with E-state index >= 15 is 0 Å². The third-order valence-electron chi connectivity index (χ3n) is 2.17. The molecule has 19 heavy (non-hydrogen) atoms. The van der Waals surface area contributed by atoms with Crippen molar-refractivity contribution in [3.8, 4) is 5.75 Å². The van der Waals surface area contributed by atoms with Gasteiger partial charge in [-0.1, -0.05) is 23.1 Å². The molecule has 1 heterocycles. The molecule has 1 amide bonds. The van der Waals surface area contributed by atoms with E-state index < -0.39 is 0 Å². The summed E-state index contributed by atoms with van der Waals surface area (Å²) in [5, 5.41) is 7.67. The molecule has 1 aromatic heterocycles. The Hall–Kier alpha value is -1.64. The van der Waals surface area contributed by atoms with Crippen LogP contribution in [0.2, 0.25) is 0 Å². The van der Waals surface area contributed by atoms with E-state index in [9.17, 15) is 4.79 Å². The fourth-order valence-corrected chi connectivity index (χ4v) is 2.68. The molecule has 8 heteroatoms. The molecule has 0 saturated heterocycles. The van der Waals surface area contributed by atoms with Gasteiger partial charge >= 0.3 is 0 Å². The van der Waals surface area contributed by atoms with Crippen molar-refractivity contribution in [2.45, 2.75) is 4.34 Å². The predicted octanol–water partition coefficient (Wildman–Crippen LogP) is 1.31. The molecular formula is C11H12N4O2S2. The number of aromatic nitrogens is 2. The SMILES string of the molecule is NNC(=O)c1ccc(OCCSc2nncs2)cc1. The Morgan fingerprint density at radius 2 is 2.21 bits per heavy atom. The highest BCUT2D eigenvalue weighted by molar-refractivity contribution is 8.01. The van der Waals surface area contributed by atoms with E-state index in [1.54, 1.807) is 41.5 Å². The summed E-state index contributed by atoms with van der Waals surface area (Å²) in [5.41, 5.74) is 4.27. The van der Waals surface area contributed by atoms with Crippen molar-refractivity contribution in [2.24, 2.45) is 5.84 Å². The first-order valence-electron chi connectivity index (χ1n) is 5.42. The molecule has 0 unspecified atom stereocenters. The van der Waals surface area contributed by atoms with Crippen LogP contribution in [0, 0.1) is 0 Å². The number of nitrogens with two attached hydrogens (primary N) is 1. The van der Waals surface area contributed by atoms with E-state index in [4.69, 9.17) is 10.6 Å². The van der Waals surface area contributed by atoms with E-state index in [-0.39, 0.29) is 5.91 Å². The molecule has 0 bridgehead atoms. The van der Waals surface area contributed by atoms with Crippen LogP contribution in [-0.2, 0) is 0 Å². The second kappa shape index (κ2) is 7.07. The summed E-state index contributed by atoms with van der Waals surface area (Å²) >= 11 is 3.10. The molecule has 2 aromatic rings. The Balaban J connectivity index is 1.75. The van der Waals surface area contributed by atoms with Gasteiger partial charge in [0.2, 0.25) is 0 Å². The topological polar surface area (TPSA) is 90.1 Å². The van der Waals surface area contributed by atoms with Crippen LogP contribution in [0.4, 0.5) is 0 Å². The van der Waals surface area contributed by atoms with Gasteiger partial charge in [-0.15, -0.1) is 10.2 Å². The summed E-state index contributed by atoms with van der Waals surface area (Å²) < 4.78 is 6.47. The number of thioether (sulfide) groups is 1. The van der Waals surface area contributed by atoms with Crippen molar-refractivity contribution in [3.05, 3.63) is 35.3 Å². The van der Waals surface area contributed by atoms with Gasteiger partial charge in [-0.3, -0.25) is 10.2 Å². The number of nitrogens with one attached hydrogen (secondary N) is 1. The summed E-state index contributed by atoms with van der Waals surface area (Å²) in [4.78, 5) is 11.2. The highest BCUT2D eigenvalue weighted by Gasteiger charge is 2.03. The van der Waals surface area contributed by atoms with Gasteiger partial charge < -0.3 is 4.74 Å². The van der Waals surface area contributed by atoms with Gasteiger partial charge in [-0.2, -0.15) is 0 Å². The van der Waals surface area contributed by atoms with E-state index in [1.807, 2.05) is 0 Å². The molecule has 0 atom stereocenters. The Morgan fingerprint density at radius 3 is 2.84 bits per heavy atom. The number of hydrogen-bond acceptors (Lipinski definition) is 7. The van der Waals surface area contributed by atoms with Gasteiger partial charge in [0.25, 0.3) is 5.91 Å². The van der Waals surface area contributed by atoms with Gasteiger partial charge in [-0.25, -0.2) is 5.84 Å². The maximum Gasteiger partial charge on any atom is 0.265 e. The summed E-state index contributed by atoms with van der Waals surface area (Å²) in [6, 6.07) is 6.80. The molecule has 0 radical (unpaired) electrons. The van der Waals surface area contributed by atoms with Crippen LogP contribution in [0.5, 0.6) is 5.75 Å². The Labute approximate surface area is 118 Å². The number of ether oxygens (including phenoxy) is 1. The lowest BCUT2D eigenvalue weighted by atomic mass is 10.2. The van der Waals surface area contributed by atoms with E-state index in [0.717, 1.165) is 10.1 Å². The minimum atomic E-state index is -0.321. The fraction of sp³-hybridized carbons (Fsp3) is 0.182. The quantitative estimate of drug-likeness (QED) is 0.275. The fourth-order valence-electron chi connectivity index (χ4n) is 1.30. The molecule has 2 rings (SSSR count). The molecule has 0 spiro atoms. The lowest BCUT2D eigenvalue weighted by molar-refractivity contribution is 0.0953. The zero-order valence-corrected chi connectivity index (χ0v) is 11.5. The Kier molecular flexibility index (Phi) is 5.13. The van der Waals surface area contributed by atoms with Crippen LogP contribution in [0.25, 0.3) is 0 Å². The van der Waals surface area contributed by atoms with Crippen LogP contribution in [0.1, 0.15) is 10.4 Å². The Bertz CT molecular complexity index is 516. The van der Waals surface area contributed by atoms with E-state index in [1.165, 1.54) is 11.3 Å². The molecule has 3 N–H and O–H groups in total. The van der Waals surface area contributed by atoms with Crippen LogP contribution in [-0.4, -0.2) is 28.5 Å². The third-order valence-corrected chi connectivity index (χ3v) is 3.99. The maximum absolute atomic E-state index is 11.2. The lowest BCUT2D eigenvalue weighted by Gasteiger charge is -2.06. The van der Waals surface area contributed by atoms with Crippen LogP contribution < -0.4 is 16.0 Å². The molecule has 0 aliphatic rings. The molecule has 0 aliphatic heterocycles. The molecule has 0 aliphatic carbocycles. The summed E-state index contributed by atoms with van der Waals surface area (Å²) in [6.45, 7) is 0.562. The molecule has 1 aromatic carbocycles. The second-order valence-corrected chi connectivity index (χ2v) is 5.57. The van der Waals surface area contributed by atoms with Crippen molar-refractivity contribution < 1.29 is 9.53 Å². The highest BCUT2D eigenvalue weighted by Crippen LogP contribution is 2.19. The standard InChI is InChI=1S/C11H12N4O2S2/c12-14-10(16)8-1-3-9(4-2-8)17-5-6-18-11-15-13-7-19-11/h1-4,7H,5-6,12H2,(H,14,16). The van der Waals surface area contributed by atoms with E-state index in [0.29, 0.717) is 17.9 Å². The summed E-state index contributed by atoms with van der Waals surface area (Å²) in [5.74, 6) is 6.23. The van der Waals surface area contributed by atoms with Crippen molar-refractivity contribution in [1.29, 1.82) is 0 Å². The molecular weight excluding hydrogens is 284 g/mol. The van der Waals surface area contributed by atoms with Crippen LogP contribution in [0.3, 0.4) is 0 Å². The smallest absolute Gasteiger partial charge is 0.265 e. The monoisotopic (exact) mass is 296 g/mol. The van der Waals surface area contributed by atoms with Gasteiger partial charge in [-0.05, 0) is 24.3 Å². The van der Waals surface area contributed by atoms with Gasteiger partial charge in [0.1, 0.15) is 11.3 Å². The molecule has 0 fully saturated rings. The number of rotatable bonds is 6. The van der Waals surface area contributed by atoms with Gasteiger partial charge in [0.15, 0.2) is 4.34 Å². The number of hydrazine groups is 1. The molecule has 100 valence electrons. The zero-order valence-electron chi connectivity index (χ0n) is 9.91. The predicted molar refractivity (Wildman–Crippen MR) is 74.2 cm³/mol. The van der Waals surface area contributed by atoms with Crippen molar-refractivity contribution in [1.82, 2.24) is 15.6 Å². The Morgan fingerprint density at radius 1 is 1.42 bits per heavy atom. The highest BCUT2D eigenvalue weighted by atomic mass is 32.2. The second-order valence-electron chi connectivity index (χ2n) is 3.40. The first-order valence-corrected chi connectivity index (χ1v) is 7.29. The summed E-state index contributed by atoms with van der Waals surface area (Å²) in [6.07, 6.45) is 0. The minimum Gasteiger partial charge on any atom is -0.493 e. The number of benzene rings is 1. The minimum absolute atomic E-state index is 0.321. The third kappa shape index (κ3) is 4.19. The van der Waals surface area contributed by atoms with Gasteiger partial charge in [0.05, 0.1) is 6.61 Å². The van der Waals surface area contributed by atoms with Gasteiger partial charge in [0, 0.05) is 11.3 Å². The number of amides is 1. The number of nitrogen functional groups attached to an aromatic ring is 1. The summed E-state index contributed by atoms with van der Waals surface area (Å²) in [7, 11) is 0. The normalized spacial score (nSPS) is 10.2. The van der Waals surface area contributed by atoms with Crippen LogP contribution >= 0.6 is 23.1 Å². The van der Waals surface area contributed by atoms with Crippen LogP contribution in [0.15, 0.2) is 34.1 Å². The first kappa shape index (κ1) is 13.8.